The molecule has 0 aliphatic rings. The molecule has 1 aromatic rings. The summed E-state index contributed by atoms with van der Waals surface area (Å²) >= 11 is 0. The second kappa shape index (κ2) is 4.65. The Bertz CT molecular complexity index is 310. The quantitative estimate of drug-likeness (QED) is 0.609. The summed E-state index contributed by atoms with van der Waals surface area (Å²) in [5.74, 6) is -2.48. The molecule has 1 heterocycles. The molecule has 1 aromatic heterocycles. The molecule has 0 spiro atoms. The number of rotatable bonds is 2. The average Bonchev–Trinajstić information content (AvgIpc) is 2.04. The zero-order chi connectivity index (χ0) is 9.14. The summed E-state index contributed by atoms with van der Waals surface area (Å²) in [4.78, 5) is 24.0. The van der Waals surface area contributed by atoms with Crippen LogP contribution in [0.25, 0.3) is 0 Å². The molecule has 0 amide bonds. The Kier molecular flexibility index (Phi) is 4.18. The Morgan fingerprint density at radius 3 is 1.77 bits per heavy atom. The maximum atomic E-state index is 10.3. The van der Waals surface area contributed by atoms with Crippen LogP contribution in [0.5, 0.6) is 0 Å². The maximum absolute atomic E-state index is 10.3. The molecule has 0 saturated carbocycles. The first-order chi connectivity index (χ1) is 5.61. The van der Waals surface area contributed by atoms with Gasteiger partial charge in [0.1, 0.15) is 11.4 Å². The number of carbonyl (C=O) groups is 2. The third kappa shape index (κ3) is 2.90. The topological polar surface area (TPSA) is 87.5 Å². The van der Waals surface area contributed by atoms with E-state index in [1.165, 1.54) is 18.2 Å². The number of aromatic nitrogens is 1. The molecule has 0 aliphatic carbocycles. The van der Waals surface area contributed by atoms with Crippen molar-refractivity contribution in [3.63, 3.8) is 0 Å². The van der Waals surface area contributed by atoms with Crippen LogP contribution in [0.1, 0.15) is 21.0 Å². The van der Waals surface area contributed by atoms with E-state index in [2.05, 4.69) is 4.98 Å². The van der Waals surface area contributed by atoms with E-state index in [-0.39, 0.29) is 30.2 Å². The van der Waals surface area contributed by atoms with Crippen molar-refractivity contribution in [2.45, 2.75) is 0 Å². The van der Waals surface area contributed by atoms with Crippen molar-refractivity contribution in [2.24, 2.45) is 0 Å². The van der Waals surface area contributed by atoms with Gasteiger partial charge in [-0.25, -0.2) is 14.6 Å². The first-order valence-corrected chi connectivity index (χ1v) is 3.05. The molecule has 0 unspecified atom stereocenters. The normalized spacial score (nSPS) is 8.62. The fraction of sp³-hybridized carbons (Fsp3) is 0. The number of pyridine rings is 1. The third-order valence-electron chi connectivity index (χ3n) is 1.19. The first-order valence-electron chi connectivity index (χ1n) is 3.05. The van der Waals surface area contributed by atoms with Crippen molar-refractivity contribution in [3.05, 3.63) is 29.6 Å². The van der Waals surface area contributed by atoms with Crippen LogP contribution in [0.15, 0.2) is 18.2 Å². The van der Waals surface area contributed by atoms with Gasteiger partial charge in [0.25, 0.3) is 0 Å². The van der Waals surface area contributed by atoms with E-state index < -0.39 is 11.9 Å². The van der Waals surface area contributed by atoms with E-state index in [0.717, 1.165) is 0 Å². The Hall–Kier alpha value is -1.31. The monoisotopic (exact) mass is 175 g/mol. The zero-order valence-corrected chi connectivity index (χ0v) is 5.89. The van der Waals surface area contributed by atoms with Crippen molar-refractivity contribution in [1.82, 2.24) is 4.98 Å². The number of carboxylic acid groups (broad SMARTS) is 2. The van der Waals surface area contributed by atoms with Crippen molar-refractivity contribution in [3.8, 4) is 0 Å². The van der Waals surface area contributed by atoms with Crippen LogP contribution in [0.3, 0.4) is 0 Å². The summed E-state index contributed by atoms with van der Waals surface area (Å²) in [5, 5.41) is 16.9. The molecule has 0 atom stereocenters. The van der Waals surface area contributed by atoms with E-state index in [0.29, 0.717) is 0 Å². The van der Waals surface area contributed by atoms with Crippen molar-refractivity contribution < 1.29 is 19.8 Å². The molecular formula is C7H6LiNO4. The van der Waals surface area contributed by atoms with Gasteiger partial charge in [0.15, 0.2) is 0 Å². The molecule has 0 saturated heterocycles. The van der Waals surface area contributed by atoms with Crippen LogP contribution in [0.2, 0.25) is 0 Å². The van der Waals surface area contributed by atoms with Gasteiger partial charge in [-0.15, -0.1) is 0 Å². The van der Waals surface area contributed by atoms with E-state index >= 15 is 0 Å². The van der Waals surface area contributed by atoms with Gasteiger partial charge in [-0.3, -0.25) is 0 Å². The molecule has 64 valence electrons. The Morgan fingerprint density at radius 2 is 1.46 bits per heavy atom. The second-order valence-electron chi connectivity index (χ2n) is 2.02. The molecule has 13 heavy (non-hydrogen) atoms. The van der Waals surface area contributed by atoms with Crippen LogP contribution in [-0.4, -0.2) is 46.0 Å². The Balaban J connectivity index is 0.00000144. The summed E-state index contributed by atoms with van der Waals surface area (Å²) in [6, 6.07) is 3.80. The van der Waals surface area contributed by atoms with E-state index in [4.69, 9.17) is 10.2 Å². The van der Waals surface area contributed by atoms with Crippen LogP contribution in [0, 0.1) is 0 Å². The predicted octanol–water partition coefficient (Wildman–Crippen LogP) is -0.171. The van der Waals surface area contributed by atoms with Crippen LogP contribution in [-0.2, 0) is 0 Å². The summed E-state index contributed by atoms with van der Waals surface area (Å²) < 4.78 is 0. The Morgan fingerprint density at radius 1 is 1.08 bits per heavy atom. The van der Waals surface area contributed by atoms with Gasteiger partial charge in [-0.05, 0) is 12.1 Å². The molecule has 0 aromatic carbocycles. The van der Waals surface area contributed by atoms with Crippen molar-refractivity contribution in [1.29, 1.82) is 0 Å². The summed E-state index contributed by atoms with van der Waals surface area (Å²) in [5.41, 5.74) is -0.537. The van der Waals surface area contributed by atoms with E-state index in [9.17, 15) is 9.59 Å². The molecule has 0 aliphatic heterocycles. The molecule has 2 N–H and O–H groups in total. The molecular weight excluding hydrogens is 169 g/mol. The minimum absolute atomic E-state index is 0. The molecule has 1 rings (SSSR count). The van der Waals surface area contributed by atoms with E-state index in [1.54, 1.807) is 0 Å². The zero-order valence-electron chi connectivity index (χ0n) is 5.89. The molecule has 5 nitrogen and oxygen atoms in total. The van der Waals surface area contributed by atoms with Gasteiger partial charge in [0, 0.05) is 0 Å². The fourth-order valence-corrected chi connectivity index (χ4v) is 0.673. The molecule has 6 heteroatoms. The molecule has 0 fully saturated rings. The van der Waals surface area contributed by atoms with Gasteiger partial charge in [0.2, 0.25) is 0 Å². The van der Waals surface area contributed by atoms with E-state index in [1.807, 2.05) is 0 Å². The standard InChI is InChI=1S/C7H5NO4.Li.H/c9-6(10)4-2-1-3-5(8-4)7(11)12;;/h1-3H,(H,9,10)(H,11,12);;. The van der Waals surface area contributed by atoms with Crippen LogP contribution in [0.4, 0.5) is 0 Å². The number of hydrogen-bond donors (Lipinski definition) is 2. The average molecular weight is 175 g/mol. The van der Waals surface area contributed by atoms with Gasteiger partial charge >= 0.3 is 30.8 Å². The number of carboxylic acids is 2. The van der Waals surface area contributed by atoms with Crippen molar-refractivity contribution >= 4 is 30.8 Å². The van der Waals surface area contributed by atoms with Crippen molar-refractivity contribution in [2.75, 3.05) is 0 Å². The SMILES string of the molecule is O=C(O)c1cccc(C(=O)O)n1.[LiH]. The summed E-state index contributed by atoms with van der Waals surface area (Å²) in [6.07, 6.45) is 0. The summed E-state index contributed by atoms with van der Waals surface area (Å²) in [6.45, 7) is 0. The Labute approximate surface area is 85.6 Å². The fourth-order valence-electron chi connectivity index (χ4n) is 0.673. The third-order valence-corrected chi connectivity index (χ3v) is 1.19. The minimum atomic E-state index is -1.24. The van der Waals surface area contributed by atoms with Gasteiger partial charge in [0.05, 0.1) is 0 Å². The van der Waals surface area contributed by atoms with Gasteiger partial charge < -0.3 is 10.2 Å². The second-order valence-corrected chi connectivity index (χ2v) is 2.02. The van der Waals surface area contributed by atoms with Gasteiger partial charge in [-0.1, -0.05) is 6.07 Å². The molecule has 0 radical (unpaired) electrons. The summed E-state index contributed by atoms with van der Waals surface area (Å²) in [7, 11) is 0. The van der Waals surface area contributed by atoms with Gasteiger partial charge in [-0.2, -0.15) is 0 Å². The number of nitrogens with zero attached hydrogens (tertiary/aromatic N) is 1. The number of aromatic carboxylic acids is 2. The van der Waals surface area contributed by atoms with Crippen LogP contribution < -0.4 is 0 Å². The first kappa shape index (κ1) is 11.7. The number of hydrogen-bond acceptors (Lipinski definition) is 3. The predicted molar refractivity (Wildman–Crippen MR) is 45.3 cm³/mol. The molecule has 0 bridgehead atoms. The van der Waals surface area contributed by atoms with Crippen LogP contribution >= 0.6 is 0 Å².